The van der Waals surface area contributed by atoms with E-state index in [0.29, 0.717) is 29.0 Å². The molecule has 0 unspecified atom stereocenters. The van der Waals surface area contributed by atoms with Crippen molar-refractivity contribution in [1.29, 1.82) is 0 Å². The number of rotatable bonds is 11. The molecule has 0 aliphatic heterocycles. The number of amides is 2. The van der Waals surface area contributed by atoms with Crippen molar-refractivity contribution in [3.05, 3.63) is 24.3 Å². The zero-order valence-corrected chi connectivity index (χ0v) is 21.8. The number of carbonyl (C=O) groups excluding carboxylic acids is 2. The van der Waals surface area contributed by atoms with Gasteiger partial charge in [-0.15, -0.1) is 10.2 Å². The molecule has 0 spiro atoms. The van der Waals surface area contributed by atoms with Gasteiger partial charge in [-0.2, -0.15) is 0 Å². The highest BCUT2D eigenvalue weighted by Crippen LogP contribution is 2.29. The molecule has 0 aliphatic rings. The third kappa shape index (κ3) is 8.76. The fraction of sp³-hybridized carbons (Fsp3) is 0.600. The van der Waals surface area contributed by atoms with Crippen LogP contribution in [0.5, 0.6) is 5.75 Å². The second-order valence-corrected chi connectivity index (χ2v) is 10.8. The van der Waals surface area contributed by atoms with E-state index < -0.39 is 0 Å². The van der Waals surface area contributed by atoms with Gasteiger partial charge in [0.2, 0.25) is 16.9 Å². The van der Waals surface area contributed by atoms with E-state index in [1.54, 1.807) is 7.11 Å². The van der Waals surface area contributed by atoms with Gasteiger partial charge in [-0.1, -0.05) is 58.1 Å². The summed E-state index contributed by atoms with van der Waals surface area (Å²) in [4.78, 5) is 27.4. The fourth-order valence-electron chi connectivity index (χ4n) is 3.89. The minimum absolute atomic E-state index is 0.0910. The molecule has 0 saturated carbocycles. The molecule has 1 aromatic carbocycles. The third-order valence-electron chi connectivity index (χ3n) is 5.49. The summed E-state index contributed by atoms with van der Waals surface area (Å²) < 4.78 is 5.25. The van der Waals surface area contributed by atoms with E-state index >= 15 is 0 Å². The molecule has 7 nitrogen and oxygen atoms in total. The molecule has 2 amide bonds. The first kappa shape index (κ1) is 26.8. The lowest BCUT2D eigenvalue weighted by atomic mass is 9.84. The van der Waals surface area contributed by atoms with Gasteiger partial charge in [-0.05, 0) is 43.2 Å². The lowest BCUT2D eigenvalue weighted by Gasteiger charge is -2.31. The molecule has 1 aromatic heterocycles. The molecule has 2 atom stereocenters. The second-order valence-electron chi connectivity index (χ2n) is 9.86. The van der Waals surface area contributed by atoms with Crippen LogP contribution in [0.3, 0.4) is 0 Å². The van der Waals surface area contributed by atoms with Crippen molar-refractivity contribution < 1.29 is 14.3 Å². The van der Waals surface area contributed by atoms with E-state index in [1.165, 1.54) is 11.3 Å². The van der Waals surface area contributed by atoms with Gasteiger partial charge in [0.1, 0.15) is 10.8 Å². The van der Waals surface area contributed by atoms with Gasteiger partial charge < -0.3 is 15.0 Å². The summed E-state index contributed by atoms with van der Waals surface area (Å²) in [6.07, 6.45) is 2.56. The van der Waals surface area contributed by atoms with Crippen LogP contribution >= 0.6 is 11.3 Å². The molecule has 0 saturated heterocycles. The van der Waals surface area contributed by atoms with E-state index in [4.69, 9.17) is 4.74 Å². The molecule has 182 valence electrons. The fourth-order valence-corrected chi connectivity index (χ4v) is 4.65. The van der Waals surface area contributed by atoms with E-state index in [-0.39, 0.29) is 29.7 Å². The lowest BCUT2D eigenvalue weighted by molar-refractivity contribution is -0.134. The molecular formula is C25H38N4O3S. The molecular weight excluding hydrogens is 436 g/mol. The highest BCUT2D eigenvalue weighted by atomic mass is 32.1. The summed E-state index contributed by atoms with van der Waals surface area (Å²) in [6, 6.07) is 7.64. The molecule has 0 aliphatic carbocycles. The summed E-state index contributed by atoms with van der Waals surface area (Å²) in [5, 5.41) is 12.2. The van der Waals surface area contributed by atoms with Crippen molar-refractivity contribution >= 4 is 28.3 Å². The second kappa shape index (κ2) is 12.1. The van der Waals surface area contributed by atoms with Crippen LogP contribution in [0.25, 0.3) is 10.6 Å². The Morgan fingerprint density at radius 1 is 1.21 bits per heavy atom. The molecule has 0 fully saturated rings. The van der Waals surface area contributed by atoms with Gasteiger partial charge in [0.15, 0.2) is 0 Å². The maximum Gasteiger partial charge on any atom is 0.227 e. The average Bonchev–Trinajstić information content (AvgIpc) is 3.20. The molecule has 2 rings (SSSR count). The largest absolute Gasteiger partial charge is 0.497 e. The zero-order valence-electron chi connectivity index (χ0n) is 21.0. The Labute approximate surface area is 201 Å². The number of nitrogens with one attached hydrogen (secondary N) is 1. The van der Waals surface area contributed by atoms with Crippen molar-refractivity contribution in [1.82, 2.24) is 15.1 Å². The minimum atomic E-state index is -0.174. The van der Waals surface area contributed by atoms with Crippen LogP contribution in [0.1, 0.15) is 67.2 Å². The number of hydrogen-bond donors (Lipinski definition) is 1. The van der Waals surface area contributed by atoms with Crippen molar-refractivity contribution in [2.45, 2.75) is 73.3 Å². The number of carbonyl (C=O) groups is 2. The molecule has 0 radical (unpaired) electrons. The molecule has 0 bridgehead atoms. The van der Waals surface area contributed by atoms with Crippen molar-refractivity contribution in [3.63, 3.8) is 0 Å². The molecule has 1 N–H and O–H groups in total. The van der Waals surface area contributed by atoms with Crippen molar-refractivity contribution in [2.75, 3.05) is 19.0 Å². The minimum Gasteiger partial charge on any atom is -0.497 e. The maximum atomic E-state index is 13.0. The molecule has 2 aromatic rings. The van der Waals surface area contributed by atoms with Crippen LogP contribution in [0.15, 0.2) is 24.3 Å². The summed E-state index contributed by atoms with van der Waals surface area (Å²) in [7, 11) is 1.61. The van der Waals surface area contributed by atoms with Crippen LogP contribution in [0.2, 0.25) is 0 Å². The number of ether oxygens (including phenoxy) is 1. The number of nitrogens with zero attached hydrogens (tertiary/aromatic N) is 3. The first-order chi connectivity index (χ1) is 15.5. The number of aromatic nitrogens is 2. The predicted molar refractivity (Wildman–Crippen MR) is 134 cm³/mol. The van der Waals surface area contributed by atoms with Gasteiger partial charge in [-0.25, -0.2) is 0 Å². The van der Waals surface area contributed by atoms with Crippen LogP contribution in [-0.2, 0) is 9.59 Å². The van der Waals surface area contributed by atoms with Crippen LogP contribution in [-0.4, -0.2) is 46.6 Å². The zero-order chi connectivity index (χ0) is 24.6. The average molecular weight is 475 g/mol. The van der Waals surface area contributed by atoms with Crippen LogP contribution in [0, 0.1) is 11.3 Å². The van der Waals surface area contributed by atoms with Gasteiger partial charge in [0, 0.05) is 31.0 Å². The summed E-state index contributed by atoms with van der Waals surface area (Å²) in [5.74, 6) is 0.978. The number of benzene rings is 1. The first-order valence-corrected chi connectivity index (χ1v) is 12.4. The van der Waals surface area contributed by atoms with Crippen LogP contribution < -0.4 is 10.1 Å². The van der Waals surface area contributed by atoms with Gasteiger partial charge in [0.25, 0.3) is 0 Å². The predicted octanol–water partition coefficient (Wildman–Crippen LogP) is 5.63. The van der Waals surface area contributed by atoms with E-state index in [1.807, 2.05) is 36.1 Å². The Hall–Kier alpha value is -2.48. The number of hydrogen-bond acceptors (Lipinski definition) is 6. The quantitative estimate of drug-likeness (QED) is 0.456. The highest BCUT2D eigenvalue weighted by molar-refractivity contribution is 7.18. The van der Waals surface area contributed by atoms with E-state index in [2.05, 4.69) is 50.1 Å². The molecule has 1 heterocycles. The van der Waals surface area contributed by atoms with Crippen molar-refractivity contribution in [3.8, 4) is 16.3 Å². The Balaban J connectivity index is 1.95. The summed E-state index contributed by atoms with van der Waals surface area (Å²) in [6.45, 7) is 13.2. The normalized spacial score (nSPS) is 13.3. The molecule has 8 heteroatoms. The smallest absolute Gasteiger partial charge is 0.227 e. The SMILES string of the molecule is CC[C@H](C)N(CCC(=O)Nc1nnc(-c2cccc(OC)c2)s1)C(=O)C[C@H](C)CC(C)(C)C. The highest BCUT2D eigenvalue weighted by Gasteiger charge is 2.24. The standard InChI is InChI=1S/C25H38N4O3S/c1-8-18(3)29(22(31)14-17(2)16-25(4,5)6)13-12-21(30)26-24-28-27-23(33-24)19-10-9-11-20(15-19)32-7/h9-11,15,17-18H,8,12-14,16H2,1-7H3,(H,26,28,30)/t17-,18-/m0/s1. The van der Waals surface area contributed by atoms with E-state index in [0.717, 1.165) is 24.2 Å². The first-order valence-electron chi connectivity index (χ1n) is 11.6. The monoisotopic (exact) mass is 474 g/mol. The third-order valence-corrected chi connectivity index (χ3v) is 6.38. The van der Waals surface area contributed by atoms with Gasteiger partial charge in [0.05, 0.1) is 7.11 Å². The van der Waals surface area contributed by atoms with Gasteiger partial charge in [-0.3, -0.25) is 9.59 Å². The number of anilines is 1. The topological polar surface area (TPSA) is 84.4 Å². The Kier molecular flexibility index (Phi) is 9.83. The van der Waals surface area contributed by atoms with Crippen molar-refractivity contribution in [2.24, 2.45) is 11.3 Å². The maximum absolute atomic E-state index is 13.0. The Morgan fingerprint density at radius 2 is 1.94 bits per heavy atom. The summed E-state index contributed by atoms with van der Waals surface area (Å²) >= 11 is 1.31. The lowest BCUT2D eigenvalue weighted by Crippen LogP contribution is -2.41. The summed E-state index contributed by atoms with van der Waals surface area (Å²) in [5.41, 5.74) is 1.07. The Bertz CT molecular complexity index is 922. The van der Waals surface area contributed by atoms with Crippen LogP contribution in [0.4, 0.5) is 5.13 Å². The number of methoxy groups -OCH3 is 1. The van der Waals surface area contributed by atoms with E-state index in [9.17, 15) is 9.59 Å². The molecule has 33 heavy (non-hydrogen) atoms. The Morgan fingerprint density at radius 3 is 2.58 bits per heavy atom. The van der Waals surface area contributed by atoms with Gasteiger partial charge >= 0.3 is 0 Å².